The average molecular weight is 509 g/mol. The Bertz CT molecular complexity index is 1390. The summed E-state index contributed by atoms with van der Waals surface area (Å²) in [5.74, 6) is 0.0866. The van der Waals surface area contributed by atoms with E-state index in [2.05, 4.69) is 0 Å². The van der Waals surface area contributed by atoms with Crippen LogP contribution in [0, 0.1) is 0 Å². The largest absolute Gasteiger partial charge is 0.487 e. The maximum absolute atomic E-state index is 13.6. The molecular formula is C27H28N2O6S. The van der Waals surface area contributed by atoms with Crippen molar-refractivity contribution in [2.45, 2.75) is 50.5 Å². The molecule has 0 bridgehead atoms. The summed E-state index contributed by atoms with van der Waals surface area (Å²) in [5, 5.41) is 0. The Morgan fingerprint density at radius 3 is 2.61 bits per heavy atom. The van der Waals surface area contributed by atoms with Crippen LogP contribution in [0.15, 0.2) is 59.5 Å². The van der Waals surface area contributed by atoms with Crippen molar-refractivity contribution in [1.29, 1.82) is 0 Å². The number of aromatic nitrogens is 1. The third kappa shape index (κ3) is 4.61. The predicted octanol–water partition coefficient (Wildman–Crippen LogP) is 3.66. The van der Waals surface area contributed by atoms with Crippen molar-refractivity contribution in [3.05, 3.63) is 88.2 Å². The fraction of sp³-hybridized carbons (Fsp3) is 0.333. The molecule has 2 aliphatic rings. The summed E-state index contributed by atoms with van der Waals surface area (Å²) >= 11 is 0. The third-order valence-electron chi connectivity index (χ3n) is 6.66. The molecule has 0 aliphatic carbocycles. The van der Waals surface area contributed by atoms with E-state index < -0.39 is 16.0 Å². The maximum atomic E-state index is 13.6. The lowest BCUT2D eigenvalue weighted by molar-refractivity contribution is 0.0391. The molecule has 0 spiro atoms. The molecule has 0 saturated heterocycles. The van der Waals surface area contributed by atoms with Crippen LogP contribution in [-0.2, 0) is 52.1 Å². The number of carbonyl (C=O) groups is 1. The number of fused-ring (bicyclic) bond motifs is 3. The van der Waals surface area contributed by atoms with E-state index in [4.69, 9.17) is 19.2 Å². The fourth-order valence-electron chi connectivity index (χ4n) is 4.80. The highest BCUT2D eigenvalue weighted by atomic mass is 32.2. The molecule has 1 atom stereocenters. The lowest BCUT2D eigenvalue weighted by Gasteiger charge is -2.33. The van der Waals surface area contributed by atoms with Gasteiger partial charge in [-0.15, -0.1) is 0 Å². The van der Waals surface area contributed by atoms with Crippen molar-refractivity contribution < 1.29 is 27.4 Å². The van der Waals surface area contributed by atoms with Gasteiger partial charge in [-0.25, -0.2) is 13.2 Å². The Kier molecular flexibility index (Phi) is 6.79. The summed E-state index contributed by atoms with van der Waals surface area (Å²) in [5.41, 5.74) is 4.70. The molecule has 3 aromatic rings. The van der Waals surface area contributed by atoms with Crippen LogP contribution in [0.3, 0.4) is 0 Å². The first kappa shape index (κ1) is 24.4. The van der Waals surface area contributed by atoms with Gasteiger partial charge in [0.25, 0.3) is 0 Å². The molecular weight excluding hydrogens is 480 g/mol. The van der Waals surface area contributed by atoms with Gasteiger partial charge in [-0.05, 0) is 47.9 Å². The number of hydrogen-bond donors (Lipinski definition) is 0. The molecule has 5 rings (SSSR count). The van der Waals surface area contributed by atoms with Crippen molar-refractivity contribution in [2.75, 3.05) is 13.7 Å². The van der Waals surface area contributed by atoms with Crippen LogP contribution in [0.2, 0.25) is 0 Å². The van der Waals surface area contributed by atoms with Gasteiger partial charge >= 0.3 is 5.97 Å². The Hall–Kier alpha value is -3.27. The molecule has 0 fully saturated rings. The number of pyridine rings is 1. The van der Waals surface area contributed by atoms with Gasteiger partial charge in [0.2, 0.25) is 10.0 Å². The zero-order valence-electron chi connectivity index (χ0n) is 20.3. The second-order valence-electron chi connectivity index (χ2n) is 8.94. The van der Waals surface area contributed by atoms with Gasteiger partial charge in [-0.1, -0.05) is 30.3 Å². The Balaban J connectivity index is 1.49. The van der Waals surface area contributed by atoms with Crippen LogP contribution in [0.25, 0.3) is 0 Å². The number of sulfonamides is 1. The summed E-state index contributed by atoms with van der Waals surface area (Å²) in [6.45, 7) is 3.17. The Morgan fingerprint density at radius 1 is 1.08 bits per heavy atom. The highest BCUT2D eigenvalue weighted by Gasteiger charge is 2.35. The number of ether oxygens (including phenoxy) is 3. The van der Waals surface area contributed by atoms with E-state index in [9.17, 15) is 13.2 Å². The molecule has 2 aliphatic heterocycles. The summed E-state index contributed by atoms with van der Waals surface area (Å²) in [6.07, 6.45) is 1.17. The highest BCUT2D eigenvalue weighted by Crippen LogP contribution is 2.34. The highest BCUT2D eigenvalue weighted by molar-refractivity contribution is 7.89. The predicted molar refractivity (Wildman–Crippen MR) is 132 cm³/mol. The minimum absolute atomic E-state index is 0.0246. The molecule has 3 heterocycles. The molecule has 1 aromatic heterocycles. The first-order valence-corrected chi connectivity index (χ1v) is 13.3. The van der Waals surface area contributed by atoms with E-state index in [-0.39, 0.29) is 29.7 Å². The molecule has 188 valence electrons. The summed E-state index contributed by atoms with van der Waals surface area (Å²) in [7, 11) is -2.71. The molecule has 36 heavy (non-hydrogen) atoms. The lowest BCUT2D eigenvalue weighted by Crippen LogP contribution is -2.38. The van der Waals surface area contributed by atoms with E-state index in [1.807, 2.05) is 37.3 Å². The van der Waals surface area contributed by atoms with Gasteiger partial charge < -0.3 is 14.2 Å². The van der Waals surface area contributed by atoms with Gasteiger partial charge in [0.05, 0.1) is 36.0 Å². The number of methoxy groups -OCH3 is 1. The van der Waals surface area contributed by atoms with Crippen molar-refractivity contribution >= 4 is 16.0 Å². The van der Waals surface area contributed by atoms with Gasteiger partial charge in [0.1, 0.15) is 12.4 Å². The van der Waals surface area contributed by atoms with Crippen LogP contribution in [0.5, 0.6) is 5.75 Å². The maximum Gasteiger partial charge on any atom is 0.339 e. The summed E-state index contributed by atoms with van der Waals surface area (Å²) < 4.78 is 45.5. The van der Waals surface area contributed by atoms with Gasteiger partial charge in [0.15, 0.2) is 0 Å². The van der Waals surface area contributed by atoms with E-state index in [0.717, 1.165) is 33.8 Å². The summed E-state index contributed by atoms with van der Waals surface area (Å²) in [6, 6.07) is 15.7. The standard InChI is InChI=1S/C27H28N2O6S/c1-18-14-21-23(16-34-18)22-15-29(36(31,32)26-11-7-6-10-20(26)27(30)33-2)13-12-24(22)28-25(21)17-35-19-8-4-3-5-9-19/h3-11,18H,12-17H2,1-2H3/t18-/m0/s1. The number of benzene rings is 2. The second kappa shape index (κ2) is 10.0. The number of hydrogen-bond acceptors (Lipinski definition) is 7. The zero-order valence-corrected chi connectivity index (χ0v) is 21.1. The van der Waals surface area contributed by atoms with Crippen LogP contribution in [0.4, 0.5) is 0 Å². The average Bonchev–Trinajstić information content (AvgIpc) is 2.91. The van der Waals surface area contributed by atoms with E-state index in [1.54, 1.807) is 12.1 Å². The van der Waals surface area contributed by atoms with E-state index in [0.29, 0.717) is 26.1 Å². The number of esters is 1. The topological polar surface area (TPSA) is 95.0 Å². The number of nitrogens with zero attached hydrogens (tertiary/aromatic N) is 2. The fourth-order valence-corrected chi connectivity index (χ4v) is 6.39. The molecule has 0 unspecified atom stereocenters. The quantitative estimate of drug-likeness (QED) is 0.469. The smallest absolute Gasteiger partial charge is 0.339 e. The summed E-state index contributed by atoms with van der Waals surface area (Å²) in [4.78, 5) is 17.1. The third-order valence-corrected chi connectivity index (χ3v) is 8.56. The van der Waals surface area contributed by atoms with Crippen molar-refractivity contribution in [3.8, 4) is 5.75 Å². The Labute approximate surface area is 210 Å². The molecule has 0 radical (unpaired) electrons. The number of rotatable bonds is 6. The van der Waals surface area contributed by atoms with Gasteiger partial charge in [-0.2, -0.15) is 4.31 Å². The van der Waals surface area contributed by atoms with E-state index >= 15 is 0 Å². The normalized spacial score (nSPS) is 17.7. The van der Waals surface area contributed by atoms with Crippen LogP contribution >= 0.6 is 0 Å². The number of para-hydroxylation sites is 1. The number of carbonyl (C=O) groups excluding carboxylic acids is 1. The second-order valence-corrected chi connectivity index (χ2v) is 10.9. The monoisotopic (exact) mass is 508 g/mol. The molecule has 8 nitrogen and oxygen atoms in total. The first-order chi connectivity index (χ1) is 17.4. The van der Waals surface area contributed by atoms with Crippen LogP contribution in [-0.4, -0.2) is 43.4 Å². The molecule has 0 amide bonds. The molecule has 0 saturated carbocycles. The zero-order chi connectivity index (χ0) is 25.3. The van der Waals surface area contributed by atoms with Crippen molar-refractivity contribution in [2.24, 2.45) is 0 Å². The van der Waals surface area contributed by atoms with Crippen molar-refractivity contribution in [3.63, 3.8) is 0 Å². The molecule has 0 N–H and O–H groups in total. The van der Waals surface area contributed by atoms with Gasteiger partial charge in [-0.3, -0.25) is 4.98 Å². The van der Waals surface area contributed by atoms with Crippen LogP contribution in [0.1, 0.15) is 45.4 Å². The van der Waals surface area contributed by atoms with Gasteiger partial charge in [0, 0.05) is 31.6 Å². The molecule has 2 aromatic carbocycles. The minimum Gasteiger partial charge on any atom is -0.487 e. The SMILES string of the molecule is COC(=O)c1ccccc1S(=O)(=O)N1CCc2nc(COc3ccccc3)c3c(c2C1)CO[C@@H](C)C3. The first-order valence-electron chi connectivity index (χ1n) is 11.9. The minimum atomic E-state index is -3.94. The van der Waals surface area contributed by atoms with Crippen molar-refractivity contribution in [1.82, 2.24) is 9.29 Å². The van der Waals surface area contributed by atoms with E-state index in [1.165, 1.54) is 23.5 Å². The molecule has 9 heteroatoms. The van der Waals surface area contributed by atoms with Crippen LogP contribution < -0.4 is 4.74 Å². The lowest BCUT2D eigenvalue weighted by atomic mass is 9.91. The Morgan fingerprint density at radius 2 is 1.83 bits per heavy atom.